The predicted molar refractivity (Wildman–Crippen MR) is 69.8 cm³/mol. The van der Waals surface area contributed by atoms with Crippen LogP contribution in [0.1, 0.15) is 6.42 Å². The van der Waals surface area contributed by atoms with Crippen LogP contribution >= 0.6 is 22.6 Å². The van der Waals surface area contributed by atoms with Gasteiger partial charge in [-0.15, -0.1) is 0 Å². The van der Waals surface area contributed by atoms with Crippen LogP contribution < -0.4 is 4.90 Å². The van der Waals surface area contributed by atoms with Gasteiger partial charge < -0.3 is 4.90 Å². The number of hydrogen-bond acceptors (Lipinski definition) is 3. The summed E-state index contributed by atoms with van der Waals surface area (Å²) in [6.07, 6.45) is -5.13. The molecule has 1 aromatic rings. The summed E-state index contributed by atoms with van der Waals surface area (Å²) in [5, 5.41) is 10.6. The van der Waals surface area contributed by atoms with Crippen molar-refractivity contribution in [1.82, 2.24) is 0 Å². The lowest BCUT2D eigenvalue weighted by atomic mass is 10.2. The van der Waals surface area contributed by atoms with E-state index in [9.17, 15) is 23.3 Å². The van der Waals surface area contributed by atoms with E-state index in [0.29, 0.717) is 9.26 Å². The smallest absolute Gasteiger partial charge is 0.374 e. The van der Waals surface area contributed by atoms with Crippen molar-refractivity contribution in [2.75, 3.05) is 18.5 Å². The van der Waals surface area contributed by atoms with E-state index >= 15 is 0 Å². The fraction of sp³-hybridized carbons (Fsp3) is 0.400. The first-order valence-corrected chi connectivity index (χ1v) is 6.00. The number of nitro groups is 1. The fourth-order valence-corrected chi connectivity index (χ4v) is 2.00. The molecule has 0 aliphatic rings. The van der Waals surface area contributed by atoms with E-state index in [-0.39, 0.29) is 12.2 Å². The molecular formula is C10H10F3IN2O2. The number of alkyl halides is 3. The molecule has 0 saturated heterocycles. The molecule has 0 fully saturated rings. The van der Waals surface area contributed by atoms with Gasteiger partial charge in [0.15, 0.2) is 0 Å². The molecule has 18 heavy (non-hydrogen) atoms. The molecule has 4 nitrogen and oxygen atoms in total. The molecule has 0 aliphatic heterocycles. The Hall–Kier alpha value is -1.06. The highest BCUT2D eigenvalue weighted by atomic mass is 127. The minimum absolute atomic E-state index is 0.0522. The molecule has 100 valence electrons. The summed E-state index contributed by atoms with van der Waals surface area (Å²) in [7, 11) is 1.52. The standard InChI is InChI=1S/C10H10F3IN2O2/c1-15(5-4-10(11,12)13)7-2-3-9(16(17)18)8(14)6-7/h2-3,6H,4-5H2,1H3. The molecule has 0 amide bonds. The number of halogens is 4. The van der Waals surface area contributed by atoms with Crippen LogP contribution in [0, 0.1) is 13.7 Å². The van der Waals surface area contributed by atoms with Gasteiger partial charge in [0, 0.05) is 25.3 Å². The Balaban J connectivity index is 2.78. The quantitative estimate of drug-likeness (QED) is 0.460. The second-order valence-electron chi connectivity index (χ2n) is 3.68. The summed E-state index contributed by atoms with van der Waals surface area (Å²) in [4.78, 5) is 11.5. The molecule has 0 spiro atoms. The van der Waals surface area contributed by atoms with Crippen LogP contribution in [-0.4, -0.2) is 24.7 Å². The zero-order valence-electron chi connectivity index (χ0n) is 9.37. The average molecular weight is 374 g/mol. The molecule has 0 atom stereocenters. The normalized spacial score (nSPS) is 11.4. The van der Waals surface area contributed by atoms with Gasteiger partial charge in [0.05, 0.1) is 14.9 Å². The molecule has 0 heterocycles. The van der Waals surface area contributed by atoms with Gasteiger partial charge in [0.25, 0.3) is 5.69 Å². The van der Waals surface area contributed by atoms with Gasteiger partial charge in [0.2, 0.25) is 0 Å². The Bertz CT molecular complexity index is 451. The van der Waals surface area contributed by atoms with Gasteiger partial charge in [-0.2, -0.15) is 13.2 Å². The Morgan fingerprint density at radius 1 is 1.44 bits per heavy atom. The molecule has 0 N–H and O–H groups in total. The second-order valence-corrected chi connectivity index (χ2v) is 4.84. The SMILES string of the molecule is CN(CCC(F)(F)F)c1ccc([N+](=O)[O-])c(I)c1. The zero-order chi connectivity index (χ0) is 13.9. The van der Waals surface area contributed by atoms with Crippen molar-refractivity contribution in [1.29, 1.82) is 0 Å². The highest BCUT2D eigenvalue weighted by Crippen LogP contribution is 2.27. The Kier molecular flexibility index (Phi) is 4.77. The maximum Gasteiger partial charge on any atom is 0.390 e. The summed E-state index contributed by atoms with van der Waals surface area (Å²) in [6, 6.07) is 4.23. The van der Waals surface area contributed by atoms with Gasteiger partial charge in [0.1, 0.15) is 0 Å². The average Bonchev–Trinajstić information content (AvgIpc) is 2.24. The van der Waals surface area contributed by atoms with E-state index in [1.165, 1.54) is 30.1 Å². The lowest BCUT2D eigenvalue weighted by molar-refractivity contribution is -0.385. The van der Waals surface area contributed by atoms with Crippen molar-refractivity contribution in [2.45, 2.75) is 12.6 Å². The first-order chi connectivity index (χ1) is 8.20. The molecule has 0 bridgehead atoms. The topological polar surface area (TPSA) is 46.4 Å². The van der Waals surface area contributed by atoms with Crippen LogP contribution in [0.3, 0.4) is 0 Å². The van der Waals surface area contributed by atoms with Crippen molar-refractivity contribution >= 4 is 34.0 Å². The summed E-state index contributed by atoms with van der Waals surface area (Å²) in [5.41, 5.74) is 0.470. The molecule has 0 aliphatic carbocycles. The summed E-state index contributed by atoms with van der Waals surface area (Å²) < 4.78 is 36.6. The maximum absolute atomic E-state index is 12.1. The predicted octanol–water partition coefficient (Wildman–Crippen LogP) is 3.59. The number of rotatable bonds is 4. The third-order valence-electron chi connectivity index (χ3n) is 2.30. The van der Waals surface area contributed by atoms with Crippen LogP contribution in [0.25, 0.3) is 0 Å². The number of nitro benzene ring substituents is 1. The maximum atomic E-state index is 12.1. The molecule has 8 heteroatoms. The van der Waals surface area contributed by atoms with E-state index in [4.69, 9.17) is 0 Å². The summed E-state index contributed by atoms with van der Waals surface area (Å²) in [5.74, 6) is 0. The third-order valence-corrected chi connectivity index (χ3v) is 3.16. The minimum atomic E-state index is -4.21. The van der Waals surface area contributed by atoms with E-state index < -0.39 is 17.5 Å². The zero-order valence-corrected chi connectivity index (χ0v) is 11.5. The molecular weight excluding hydrogens is 364 g/mol. The molecule has 0 unspecified atom stereocenters. The molecule has 1 rings (SSSR count). The van der Waals surface area contributed by atoms with Crippen LogP contribution in [0.15, 0.2) is 18.2 Å². The summed E-state index contributed by atoms with van der Waals surface area (Å²) >= 11 is 1.79. The highest BCUT2D eigenvalue weighted by Gasteiger charge is 2.27. The first kappa shape index (κ1) is 15.0. The summed E-state index contributed by atoms with van der Waals surface area (Å²) in [6.45, 7) is -0.183. The van der Waals surface area contributed by atoms with E-state index in [1.807, 2.05) is 0 Å². The minimum Gasteiger partial charge on any atom is -0.374 e. The number of nitrogens with zero attached hydrogens (tertiary/aromatic N) is 2. The van der Waals surface area contributed by atoms with Crippen molar-refractivity contribution < 1.29 is 18.1 Å². The lowest BCUT2D eigenvalue weighted by Gasteiger charge is -2.20. The number of hydrogen-bond donors (Lipinski definition) is 0. The van der Waals surface area contributed by atoms with E-state index in [2.05, 4.69) is 0 Å². The molecule has 0 aromatic heterocycles. The number of benzene rings is 1. The lowest BCUT2D eigenvalue weighted by Crippen LogP contribution is -2.24. The van der Waals surface area contributed by atoms with Crippen LogP contribution in [0.2, 0.25) is 0 Å². The third kappa shape index (κ3) is 4.31. The monoisotopic (exact) mass is 374 g/mol. The largest absolute Gasteiger partial charge is 0.390 e. The molecule has 0 radical (unpaired) electrons. The number of anilines is 1. The van der Waals surface area contributed by atoms with Gasteiger partial charge in [-0.05, 0) is 34.7 Å². The Morgan fingerprint density at radius 2 is 2.06 bits per heavy atom. The van der Waals surface area contributed by atoms with E-state index in [0.717, 1.165) is 0 Å². The van der Waals surface area contributed by atoms with Crippen LogP contribution in [0.4, 0.5) is 24.5 Å². The van der Waals surface area contributed by atoms with Crippen LogP contribution in [-0.2, 0) is 0 Å². The van der Waals surface area contributed by atoms with Crippen molar-refractivity contribution in [2.24, 2.45) is 0 Å². The van der Waals surface area contributed by atoms with Gasteiger partial charge in [-0.1, -0.05) is 0 Å². The van der Waals surface area contributed by atoms with Gasteiger partial charge >= 0.3 is 6.18 Å². The van der Waals surface area contributed by atoms with Crippen molar-refractivity contribution in [3.8, 4) is 0 Å². The fourth-order valence-electron chi connectivity index (χ4n) is 1.30. The van der Waals surface area contributed by atoms with Crippen molar-refractivity contribution in [3.05, 3.63) is 31.9 Å². The van der Waals surface area contributed by atoms with Crippen molar-refractivity contribution in [3.63, 3.8) is 0 Å². The second kappa shape index (κ2) is 5.72. The Morgan fingerprint density at radius 3 is 2.50 bits per heavy atom. The van der Waals surface area contributed by atoms with Gasteiger partial charge in [-0.25, -0.2) is 0 Å². The van der Waals surface area contributed by atoms with Crippen LogP contribution in [0.5, 0.6) is 0 Å². The highest BCUT2D eigenvalue weighted by molar-refractivity contribution is 14.1. The van der Waals surface area contributed by atoms with Gasteiger partial charge in [-0.3, -0.25) is 10.1 Å². The Labute approximate surface area is 115 Å². The van der Waals surface area contributed by atoms with E-state index in [1.54, 1.807) is 22.6 Å². The molecule has 1 aromatic carbocycles. The first-order valence-electron chi connectivity index (χ1n) is 4.92. The molecule has 0 saturated carbocycles.